The van der Waals surface area contributed by atoms with Gasteiger partial charge in [-0.25, -0.2) is 0 Å². The summed E-state index contributed by atoms with van der Waals surface area (Å²) in [5, 5.41) is 11.3. The molecule has 3 heterocycles. The lowest BCUT2D eigenvalue weighted by atomic mass is 10.2. The van der Waals surface area contributed by atoms with E-state index in [-0.39, 0.29) is 5.91 Å². The summed E-state index contributed by atoms with van der Waals surface area (Å²) in [6, 6.07) is 15.7. The van der Waals surface area contributed by atoms with Crippen molar-refractivity contribution in [3.05, 3.63) is 71.8 Å². The molecule has 7 heteroatoms. The maximum Gasteiger partial charge on any atom is 0.274 e. The van der Waals surface area contributed by atoms with Crippen molar-refractivity contribution in [1.82, 2.24) is 15.1 Å². The second-order valence-corrected chi connectivity index (χ2v) is 6.85. The van der Waals surface area contributed by atoms with Crippen molar-refractivity contribution in [2.24, 2.45) is 0 Å². The molecule has 1 aromatic carbocycles. The van der Waals surface area contributed by atoms with E-state index < -0.39 is 0 Å². The molecule has 1 saturated heterocycles. The van der Waals surface area contributed by atoms with Gasteiger partial charge in [0.15, 0.2) is 5.69 Å². The largest absolute Gasteiger partial charge is 0.467 e. The first-order chi connectivity index (χ1) is 13.7. The Kier molecular flexibility index (Phi) is 5.23. The van der Waals surface area contributed by atoms with E-state index in [1.807, 2.05) is 17.0 Å². The molecule has 4 rings (SSSR count). The van der Waals surface area contributed by atoms with Crippen LogP contribution in [-0.2, 0) is 6.54 Å². The first-order valence-electron chi connectivity index (χ1n) is 9.40. The molecule has 2 aromatic heterocycles. The fraction of sp³-hybridized carbons (Fsp3) is 0.286. The minimum atomic E-state index is -0.0750. The molecule has 144 valence electrons. The number of amides is 1. The Hall–Kier alpha value is -3.35. The van der Waals surface area contributed by atoms with E-state index in [4.69, 9.17) is 4.42 Å². The first-order valence-corrected chi connectivity index (χ1v) is 9.40. The van der Waals surface area contributed by atoms with Gasteiger partial charge in [0.2, 0.25) is 0 Å². The lowest BCUT2D eigenvalue weighted by molar-refractivity contribution is 0.0739. The van der Waals surface area contributed by atoms with Crippen LogP contribution in [0.2, 0.25) is 0 Å². The molecule has 0 bridgehead atoms. The number of aromatic nitrogens is 2. The van der Waals surface area contributed by atoms with Gasteiger partial charge >= 0.3 is 0 Å². The normalized spacial score (nSPS) is 14.2. The third kappa shape index (κ3) is 4.14. The number of carbonyl (C=O) groups excluding carboxylic acids is 1. The van der Waals surface area contributed by atoms with E-state index in [9.17, 15) is 4.79 Å². The summed E-state index contributed by atoms with van der Waals surface area (Å²) in [4.78, 5) is 16.9. The average Bonchev–Trinajstić information content (AvgIpc) is 3.26. The van der Waals surface area contributed by atoms with Gasteiger partial charge in [-0.15, -0.1) is 10.2 Å². The number of anilines is 2. The van der Waals surface area contributed by atoms with Crippen LogP contribution in [0.15, 0.2) is 59.2 Å². The van der Waals surface area contributed by atoms with Gasteiger partial charge < -0.3 is 19.5 Å². The number of hydrogen-bond acceptors (Lipinski definition) is 6. The third-order valence-electron chi connectivity index (χ3n) is 4.84. The van der Waals surface area contributed by atoms with Crippen LogP contribution in [0, 0.1) is 6.92 Å². The smallest absolute Gasteiger partial charge is 0.274 e. The van der Waals surface area contributed by atoms with E-state index in [1.165, 1.54) is 11.3 Å². The SMILES string of the molecule is Cc1cccc(N2CCN(C(=O)c3ccc(NCc4ccco4)nn3)CC2)c1. The molecule has 0 spiro atoms. The molecule has 1 N–H and O–H groups in total. The van der Waals surface area contributed by atoms with Crippen LogP contribution in [0.25, 0.3) is 0 Å². The van der Waals surface area contributed by atoms with Crippen LogP contribution < -0.4 is 10.2 Å². The highest BCUT2D eigenvalue weighted by molar-refractivity contribution is 5.92. The van der Waals surface area contributed by atoms with Crippen LogP contribution in [0.4, 0.5) is 11.5 Å². The molecule has 0 saturated carbocycles. The van der Waals surface area contributed by atoms with Gasteiger partial charge in [0.05, 0.1) is 12.8 Å². The Morgan fingerprint density at radius 2 is 1.93 bits per heavy atom. The summed E-state index contributed by atoms with van der Waals surface area (Å²) in [7, 11) is 0. The van der Waals surface area contributed by atoms with Crippen LogP contribution in [0.5, 0.6) is 0 Å². The molecule has 0 aliphatic carbocycles. The molecule has 1 aliphatic rings. The van der Waals surface area contributed by atoms with Crippen molar-refractivity contribution < 1.29 is 9.21 Å². The van der Waals surface area contributed by atoms with Crippen LogP contribution in [0.1, 0.15) is 21.8 Å². The van der Waals surface area contributed by atoms with Gasteiger partial charge in [-0.05, 0) is 48.9 Å². The zero-order chi connectivity index (χ0) is 19.3. The number of nitrogens with one attached hydrogen (secondary N) is 1. The fourth-order valence-corrected chi connectivity index (χ4v) is 3.29. The summed E-state index contributed by atoms with van der Waals surface area (Å²) in [5.74, 6) is 1.35. The predicted molar refractivity (Wildman–Crippen MR) is 107 cm³/mol. The summed E-state index contributed by atoms with van der Waals surface area (Å²) < 4.78 is 5.27. The summed E-state index contributed by atoms with van der Waals surface area (Å²) in [6.45, 7) is 5.59. The minimum absolute atomic E-state index is 0.0750. The highest BCUT2D eigenvalue weighted by atomic mass is 16.3. The topological polar surface area (TPSA) is 74.5 Å². The van der Waals surface area contributed by atoms with Crippen LogP contribution in [0.3, 0.4) is 0 Å². The Bertz CT molecular complexity index is 916. The lowest BCUT2D eigenvalue weighted by Crippen LogP contribution is -2.49. The number of piperazine rings is 1. The van der Waals surface area contributed by atoms with E-state index in [0.717, 1.165) is 18.8 Å². The van der Waals surface area contributed by atoms with Crippen molar-refractivity contribution >= 4 is 17.4 Å². The zero-order valence-electron chi connectivity index (χ0n) is 15.8. The van der Waals surface area contributed by atoms with Crippen molar-refractivity contribution in [3.8, 4) is 0 Å². The summed E-state index contributed by atoms with van der Waals surface area (Å²) in [6.07, 6.45) is 1.63. The number of nitrogens with zero attached hydrogens (tertiary/aromatic N) is 4. The maximum atomic E-state index is 12.7. The number of carbonyl (C=O) groups is 1. The van der Waals surface area contributed by atoms with E-state index >= 15 is 0 Å². The van der Waals surface area contributed by atoms with Crippen molar-refractivity contribution in [1.29, 1.82) is 0 Å². The predicted octanol–water partition coefficient (Wildman–Crippen LogP) is 2.95. The number of benzene rings is 1. The van der Waals surface area contributed by atoms with Gasteiger partial charge in [-0.2, -0.15) is 0 Å². The summed E-state index contributed by atoms with van der Waals surface area (Å²) >= 11 is 0. The van der Waals surface area contributed by atoms with E-state index in [1.54, 1.807) is 18.4 Å². The monoisotopic (exact) mass is 377 g/mol. The van der Waals surface area contributed by atoms with Crippen LogP contribution in [-0.4, -0.2) is 47.2 Å². The van der Waals surface area contributed by atoms with Gasteiger partial charge in [-0.1, -0.05) is 12.1 Å². The molecule has 28 heavy (non-hydrogen) atoms. The van der Waals surface area contributed by atoms with Gasteiger partial charge in [0.25, 0.3) is 5.91 Å². The van der Waals surface area contributed by atoms with E-state index in [0.29, 0.717) is 31.1 Å². The van der Waals surface area contributed by atoms with Crippen molar-refractivity contribution in [3.63, 3.8) is 0 Å². The Morgan fingerprint density at radius 3 is 2.61 bits per heavy atom. The molecular weight excluding hydrogens is 354 g/mol. The highest BCUT2D eigenvalue weighted by Crippen LogP contribution is 2.18. The second kappa shape index (κ2) is 8.12. The average molecular weight is 377 g/mol. The molecule has 0 radical (unpaired) electrons. The second-order valence-electron chi connectivity index (χ2n) is 6.85. The van der Waals surface area contributed by atoms with Gasteiger partial charge in [0, 0.05) is 31.9 Å². The molecule has 1 aliphatic heterocycles. The van der Waals surface area contributed by atoms with Gasteiger partial charge in [-0.3, -0.25) is 4.79 Å². The van der Waals surface area contributed by atoms with Crippen LogP contribution >= 0.6 is 0 Å². The zero-order valence-corrected chi connectivity index (χ0v) is 15.8. The van der Waals surface area contributed by atoms with Crippen molar-refractivity contribution in [2.45, 2.75) is 13.5 Å². The first kappa shape index (κ1) is 18.0. The van der Waals surface area contributed by atoms with Crippen molar-refractivity contribution in [2.75, 3.05) is 36.4 Å². The molecule has 3 aromatic rings. The number of furan rings is 1. The van der Waals surface area contributed by atoms with E-state index in [2.05, 4.69) is 51.6 Å². The molecule has 1 amide bonds. The quantitative estimate of drug-likeness (QED) is 0.737. The molecule has 0 atom stereocenters. The summed E-state index contributed by atoms with van der Waals surface area (Å²) in [5.41, 5.74) is 2.82. The molecule has 7 nitrogen and oxygen atoms in total. The Morgan fingerprint density at radius 1 is 1.07 bits per heavy atom. The van der Waals surface area contributed by atoms with Gasteiger partial charge in [0.1, 0.15) is 11.6 Å². The third-order valence-corrected chi connectivity index (χ3v) is 4.84. The lowest BCUT2D eigenvalue weighted by Gasteiger charge is -2.36. The maximum absolute atomic E-state index is 12.7. The molecule has 1 fully saturated rings. The Balaban J connectivity index is 1.32. The number of hydrogen-bond donors (Lipinski definition) is 1. The Labute approximate surface area is 164 Å². The highest BCUT2D eigenvalue weighted by Gasteiger charge is 2.23. The standard InChI is InChI=1S/C21H23N5O2/c1-16-4-2-5-17(14-16)25-9-11-26(12-10-25)21(27)19-7-8-20(24-23-19)22-15-18-6-3-13-28-18/h2-8,13-14H,9-12,15H2,1H3,(H,22,24). The molecule has 0 unspecified atom stereocenters. The number of rotatable bonds is 5. The minimum Gasteiger partial charge on any atom is -0.467 e. The fourth-order valence-electron chi connectivity index (χ4n) is 3.29. The molecular formula is C21H23N5O2. The number of aryl methyl sites for hydroxylation is 1.